The number of nitrogens with two attached hydrogens (primary N) is 1. The number of rotatable bonds is 2. The van der Waals surface area contributed by atoms with Crippen LogP contribution in [-0.2, 0) is 11.8 Å². The van der Waals surface area contributed by atoms with Crippen molar-refractivity contribution >= 4 is 5.82 Å². The number of aromatic nitrogens is 2. The molecular weight excluding hydrogens is 182 g/mol. The largest absolute Gasteiger partial charge is 0.388 e. The molecule has 1 aliphatic rings. The van der Waals surface area contributed by atoms with Crippen LogP contribution < -0.4 is 5.73 Å². The number of ether oxygens (including phenoxy) is 1. The molecule has 2 heterocycles. The zero-order valence-corrected chi connectivity index (χ0v) is 8.18. The molecule has 0 saturated carbocycles. The summed E-state index contributed by atoms with van der Waals surface area (Å²) in [7, 11) is 1.76. The minimum Gasteiger partial charge on any atom is -0.388 e. The number of anilines is 1. The van der Waals surface area contributed by atoms with Crippen molar-refractivity contribution in [1.29, 1.82) is 0 Å². The summed E-state index contributed by atoms with van der Waals surface area (Å²) in [5, 5.41) is 14.0. The van der Waals surface area contributed by atoms with E-state index in [1.165, 1.54) is 0 Å². The normalized spacial score (nSPS) is 24.0. The summed E-state index contributed by atoms with van der Waals surface area (Å²) >= 11 is 0. The summed E-state index contributed by atoms with van der Waals surface area (Å²) in [6.45, 7) is 1.33. The molecule has 1 saturated heterocycles. The predicted molar refractivity (Wildman–Crippen MR) is 51.5 cm³/mol. The molecular formula is C9H15N3O2. The van der Waals surface area contributed by atoms with Crippen molar-refractivity contribution in [1.82, 2.24) is 9.78 Å². The molecule has 1 aliphatic heterocycles. The molecule has 0 aliphatic carbocycles. The third-order valence-corrected chi connectivity index (χ3v) is 2.74. The lowest BCUT2D eigenvalue weighted by Crippen LogP contribution is -2.13. The zero-order valence-electron chi connectivity index (χ0n) is 8.18. The van der Waals surface area contributed by atoms with Crippen LogP contribution in [0.4, 0.5) is 5.82 Å². The fourth-order valence-electron chi connectivity index (χ4n) is 1.75. The van der Waals surface area contributed by atoms with Crippen LogP contribution in [0.3, 0.4) is 0 Å². The van der Waals surface area contributed by atoms with Crippen LogP contribution in [0, 0.1) is 5.92 Å². The van der Waals surface area contributed by atoms with Crippen molar-refractivity contribution in [3.63, 3.8) is 0 Å². The molecule has 2 atom stereocenters. The van der Waals surface area contributed by atoms with Gasteiger partial charge in [0.15, 0.2) is 0 Å². The van der Waals surface area contributed by atoms with Gasteiger partial charge in [0.1, 0.15) is 5.82 Å². The highest BCUT2D eigenvalue weighted by Crippen LogP contribution is 2.31. The highest BCUT2D eigenvalue weighted by atomic mass is 16.5. The Morgan fingerprint density at radius 1 is 1.79 bits per heavy atom. The number of aryl methyl sites for hydroxylation is 1. The van der Waals surface area contributed by atoms with E-state index in [-0.39, 0.29) is 5.92 Å². The van der Waals surface area contributed by atoms with E-state index in [0.717, 1.165) is 13.0 Å². The first kappa shape index (κ1) is 9.48. The maximum absolute atomic E-state index is 10.0. The molecule has 2 rings (SSSR count). The minimum absolute atomic E-state index is 0.154. The molecule has 1 aromatic heterocycles. The topological polar surface area (TPSA) is 73.3 Å². The Hall–Kier alpha value is -1.07. The van der Waals surface area contributed by atoms with Gasteiger partial charge in [-0.1, -0.05) is 0 Å². The summed E-state index contributed by atoms with van der Waals surface area (Å²) in [6.07, 6.45) is 1.96. The number of aliphatic hydroxyl groups is 1. The molecule has 0 amide bonds. The summed E-state index contributed by atoms with van der Waals surface area (Å²) in [5.41, 5.74) is 6.48. The van der Waals surface area contributed by atoms with Gasteiger partial charge < -0.3 is 15.6 Å². The smallest absolute Gasteiger partial charge is 0.127 e. The van der Waals surface area contributed by atoms with E-state index >= 15 is 0 Å². The van der Waals surface area contributed by atoms with Crippen molar-refractivity contribution in [2.75, 3.05) is 18.9 Å². The molecule has 5 nitrogen and oxygen atoms in total. The fraction of sp³-hybridized carbons (Fsp3) is 0.667. The third-order valence-electron chi connectivity index (χ3n) is 2.74. The summed E-state index contributed by atoms with van der Waals surface area (Å²) in [5.74, 6) is 0.686. The van der Waals surface area contributed by atoms with Gasteiger partial charge in [-0.15, -0.1) is 0 Å². The van der Waals surface area contributed by atoms with Gasteiger partial charge in [-0.05, 0) is 6.42 Å². The average Bonchev–Trinajstić information content (AvgIpc) is 2.77. The van der Waals surface area contributed by atoms with Gasteiger partial charge in [-0.3, -0.25) is 4.68 Å². The van der Waals surface area contributed by atoms with Crippen LogP contribution in [0.15, 0.2) is 6.20 Å². The second-order valence-corrected chi connectivity index (χ2v) is 3.68. The highest BCUT2D eigenvalue weighted by molar-refractivity contribution is 5.40. The molecule has 0 radical (unpaired) electrons. The Labute approximate surface area is 82.5 Å². The Balaban J connectivity index is 2.17. The minimum atomic E-state index is -0.550. The lowest BCUT2D eigenvalue weighted by Gasteiger charge is -2.15. The van der Waals surface area contributed by atoms with E-state index in [0.29, 0.717) is 18.0 Å². The molecule has 1 aromatic rings. The second-order valence-electron chi connectivity index (χ2n) is 3.68. The van der Waals surface area contributed by atoms with Crippen molar-refractivity contribution in [2.45, 2.75) is 12.5 Å². The zero-order chi connectivity index (χ0) is 10.1. The standard InChI is InChI=1S/C9H15N3O2/c1-12-9(10)7(4-11-12)8(13)6-2-3-14-5-6/h4,6,8,13H,2-3,5,10H2,1H3. The first-order valence-corrected chi connectivity index (χ1v) is 4.73. The van der Waals surface area contributed by atoms with Crippen LogP contribution in [-0.4, -0.2) is 28.1 Å². The van der Waals surface area contributed by atoms with Gasteiger partial charge in [-0.25, -0.2) is 0 Å². The van der Waals surface area contributed by atoms with Gasteiger partial charge >= 0.3 is 0 Å². The van der Waals surface area contributed by atoms with E-state index in [9.17, 15) is 5.11 Å². The first-order chi connectivity index (χ1) is 6.70. The Morgan fingerprint density at radius 3 is 3.07 bits per heavy atom. The van der Waals surface area contributed by atoms with Crippen LogP contribution >= 0.6 is 0 Å². The number of nitrogens with zero attached hydrogens (tertiary/aromatic N) is 2. The highest BCUT2D eigenvalue weighted by Gasteiger charge is 2.27. The molecule has 0 spiro atoms. The van der Waals surface area contributed by atoms with Gasteiger partial charge in [0.25, 0.3) is 0 Å². The van der Waals surface area contributed by atoms with Gasteiger partial charge in [0.05, 0.1) is 18.9 Å². The monoisotopic (exact) mass is 197 g/mol. The van der Waals surface area contributed by atoms with Gasteiger partial charge in [0, 0.05) is 25.1 Å². The quantitative estimate of drug-likeness (QED) is 0.703. The first-order valence-electron chi connectivity index (χ1n) is 4.73. The van der Waals surface area contributed by atoms with E-state index in [1.54, 1.807) is 17.9 Å². The molecule has 0 aromatic carbocycles. The van der Waals surface area contributed by atoms with Crippen LogP contribution in [0.5, 0.6) is 0 Å². The number of nitrogen functional groups attached to an aromatic ring is 1. The molecule has 14 heavy (non-hydrogen) atoms. The lowest BCUT2D eigenvalue weighted by molar-refractivity contribution is 0.0923. The van der Waals surface area contributed by atoms with E-state index in [1.807, 2.05) is 0 Å². The molecule has 1 fully saturated rings. The molecule has 78 valence electrons. The van der Waals surface area contributed by atoms with Crippen molar-refractivity contribution in [3.05, 3.63) is 11.8 Å². The van der Waals surface area contributed by atoms with Crippen LogP contribution in [0.1, 0.15) is 18.1 Å². The van der Waals surface area contributed by atoms with E-state index in [4.69, 9.17) is 10.5 Å². The molecule has 2 unspecified atom stereocenters. The number of aliphatic hydroxyl groups excluding tert-OH is 1. The van der Waals surface area contributed by atoms with Crippen LogP contribution in [0.2, 0.25) is 0 Å². The van der Waals surface area contributed by atoms with Gasteiger partial charge in [-0.2, -0.15) is 5.10 Å². The molecule has 3 N–H and O–H groups in total. The third kappa shape index (κ3) is 1.49. The Morgan fingerprint density at radius 2 is 2.57 bits per heavy atom. The summed E-state index contributed by atoms with van der Waals surface area (Å²) in [6, 6.07) is 0. The van der Waals surface area contributed by atoms with E-state index in [2.05, 4.69) is 5.10 Å². The SMILES string of the molecule is Cn1ncc(C(O)C2CCOC2)c1N. The maximum Gasteiger partial charge on any atom is 0.127 e. The summed E-state index contributed by atoms with van der Waals surface area (Å²) < 4.78 is 6.78. The summed E-state index contributed by atoms with van der Waals surface area (Å²) in [4.78, 5) is 0. The number of hydrogen-bond donors (Lipinski definition) is 2. The van der Waals surface area contributed by atoms with Gasteiger partial charge in [0.2, 0.25) is 0 Å². The molecule has 5 heteroatoms. The fourth-order valence-corrected chi connectivity index (χ4v) is 1.75. The van der Waals surface area contributed by atoms with Crippen molar-refractivity contribution in [2.24, 2.45) is 13.0 Å². The second kappa shape index (κ2) is 3.59. The van der Waals surface area contributed by atoms with E-state index < -0.39 is 6.10 Å². The van der Waals surface area contributed by atoms with Crippen LogP contribution in [0.25, 0.3) is 0 Å². The predicted octanol–water partition coefficient (Wildman–Crippen LogP) is 0.0722. The number of hydrogen-bond acceptors (Lipinski definition) is 4. The Bertz CT molecular complexity index is 318. The maximum atomic E-state index is 10.0. The van der Waals surface area contributed by atoms with Crippen molar-refractivity contribution in [3.8, 4) is 0 Å². The average molecular weight is 197 g/mol. The lowest BCUT2D eigenvalue weighted by atomic mass is 9.97. The molecule has 0 bridgehead atoms. The Kier molecular flexibility index (Phi) is 2.43. The van der Waals surface area contributed by atoms with Crippen molar-refractivity contribution < 1.29 is 9.84 Å².